The van der Waals surface area contributed by atoms with E-state index in [0.717, 1.165) is 0 Å². The monoisotopic (exact) mass is 529 g/mol. The molecule has 0 fully saturated rings. The fourth-order valence-corrected chi connectivity index (χ4v) is 4.17. The molecule has 204 valence electrons. The van der Waals surface area contributed by atoms with Crippen LogP contribution < -0.4 is 39.4 Å². The molecule has 2 aromatic carbocycles. The van der Waals surface area contributed by atoms with Crippen molar-refractivity contribution < 1.29 is 42.7 Å². The van der Waals surface area contributed by atoms with E-state index in [1.807, 2.05) is 0 Å². The summed E-state index contributed by atoms with van der Waals surface area (Å²) < 4.78 is 37.6. The van der Waals surface area contributed by atoms with Crippen molar-refractivity contribution in [2.45, 2.75) is 19.3 Å². The van der Waals surface area contributed by atoms with Gasteiger partial charge in [0, 0.05) is 36.2 Å². The lowest BCUT2D eigenvalue weighted by Gasteiger charge is -2.21. The van der Waals surface area contributed by atoms with Crippen molar-refractivity contribution in [2.75, 3.05) is 48.0 Å². The van der Waals surface area contributed by atoms with Crippen LogP contribution in [0.1, 0.15) is 29.2 Å². The number of aryl methyl sites for hydroxylation is 1. The molecule has 11 heteroatoms. The average Bonchev–Trinajstić information content (AvgIpc) is 2.90. The number of methoxy groups -OCH3 is 6. The van der Waals surface area contributed by atoms with Crippen LogP contribution in [0.3, 0.4) is 0 Å². The fourth-order valence-electron chi connectivity index (χ4n) is 4.17. The maximum Gasteiger partial charge on any atom is 0.343 e. The molecule has 38 heavy (non-hydrogen) atoms. The standard InChI is InChI=1S/C27H31NO10/c1-14-8-18(29)24(27(31)38-14)17(15-9-19(32-2)25(36-6)20(10-15)33-3)13-23(30)28-16-11-21(34-4)26(37-7)22(12-16)35-5/h8-12,17,29H,13H2,1-7H3,(H,28,30). The Morgan fingerprint density at radius 1 is 0.816 bits per heavy atom. The van der Waals surface area contributed by atoms with Crippen LogP contribution in [0.15, 0.2) is 39.5 Å². The van der Waals surface area contributed by atoms with Gasteiger partial charge in [0.15, 0.2) is 23.0 Å². The van der Waals surface area contributed by atoms with E-state index in [2.05, 4.69) is 5.32 Å². The number of rotatable bonds is 11. The first-order valence-electron chi connectivity index (χ1n) is 11.4. The summed E-state index contributed by atoms with van der Waals surface area (Å²) in [6.07, 6.45) is -0.253. The van der Waals surface area contributed by atoms with Gasteiger partial charge in [0.1, 0.15) is 11.5 Å². The summed E-state index contributed by atoms with van der Waals surface area (Å²) in [6.45, 7) is 1.54. The molecule has 3 rings (SSSR count). The Kier molecular flexibility index (Phi) is 8.95. The number of hydrogen-bond donors (Lipinski definition) is 2. The van der Waals surface area contributed by atoms with Crippen LogP contribution in [0.5, 0.6) is 40.2 Å². The van der Waals surface area contributed by atoms with Crippen LogP contribution in [-0.4, -0.2) is 53.7 Å². The van der Waals surface area contributed by atoms with Crippen LogP contribution >= 0.6 is 0 Å². The predicted molar refractivity (Wildman–Crippen MR) is 139 cm³/mol. The van der Waals surface area contributed by atoms with Gasteiger partial charge >= 0.3 is 5.63 Å². The van der Waals surface area contributed by atoms with Gasteiger partial charge < -0.3 is 43.3 Å². The maximum atomic E-state index is 13.3. The third-order valence-electron chi connectivity index (χ3n) is 5.87. The first kappa shape index (κ1) is 28.0. The van der Waals surface area contributed by atoms with Crippen molar-refractivity contribution in [1.29, 1.82) is 0 Å². The third-order valence-corrected chi connectivity index (χ3v) is 5.87. The summed E-state index contributed by atoms with van der Waals surface area (Å²) in [5, 5.41) is 13.5. The molecular weight excluding hydrogens is 498 g/mol. The molecular formula is C27H31NO10. The minimum atomic E-state index is -0.942. The highest BCUT2D eigenvalue weighted by Crippen LogP contribution is 2.43. The summed E-state index contributed by atoms with van der Waals surface area (Å²) in [4.78, 5) is 26.2. The number of carbonyl (C=O) groups excluding carboxylic acids is 1. The zero-order valence-electron chi connectivity index (χ0n) is 22.3. The molecule has 2 N–H and O–H groups in total. The number of anilines is 1. The third kappa shape index (κ3) is 5.72. The summed E-state index contributed by atoms with van der Waals surface area (Å²) in [6, 6.07) is 7.69. The van der Waals surface area contributed by atoms with E-state index < -0.39 is 17.5 Å². The molecule has 1 heterocycles. The van der Waals surface area contributed by atoms with E-state index in [-0.39, 0.29) is 23.5 Å². The molecule has 0 radical (unpaired) electrons. The molecule has 0 aliphatic rings. The lowest BCUT2D eigenvalue weighted by molar-refractivity contribution is -0.116. The quantitative estimate of drug-likeness (QED) is 0.377. The molecule has 0 aliphatic heterocycles. The van der Waals surface area contributed by atoms with E-state index in [4.69, 9.17) is 32.8 Å². The largest absolute Gasteiger partial charge is 0.507 e. The van der Waals surface area contributed by atoms with Crippen molar-refractivity contribution in [2.24, 2.45) is 0 Å². The second-order valence-corrected chi connectivity index (χ2v) is 8.12. The van der Waals surface area contributed by atoms with Crippen LogP contribution in [0.2, 0.25) is 0 Å². The van der Waals surface area contributed by atoms with Crippen LogP contribution in [0.4, 0.5) is 5.69 Å². The Morgan fingerprint density at radius 3 is 1.71 bits per heavy atom. The molecule has 1 unspecified atom stereocenters. The Balaban J connectivity index is 2.10. The summed E-state index contributed by atoms with van der Waals surface area (Å²) in [7, 11) is 8.75. The first-order valence-corrected chi connectivity index (χ1v) is 11.4. The highest BCUT2D eigenvalue weighted by Gasteiger charge is 2.28. The molecule has 0 spiro atoms. The molecule has 1 amide bonds. The van der Waals surface area contributed by atoms with Crippen molar-refractivity contribution in [3.05, 3.63) is 57.6 Å². The van der Waals surface area contributed by atoms with Crippen molar-refractivity contribution in [1.82, 2.24) is 0 Å². The molecule has 1 atom stereocenters. The Morgan fingerprint density at radius 2 is 1.29 bits per heavy atom. The van der Waals surface area contributed by atoms with Crippen LogP contribution in [-0.2, 0) is 4.79 Å². The van der Waals surface area contributed by atoms with Gasteiger partial charge in [0.25, 0.3) is 0 Å². The lowest BCUT2D eigenvalue weighted by Crippen LogP contribution is -2.21. The second kappa shape index (κ2) is 12.1. The predicted octanol–water partition coefficient (Wildman–Crippen LogP) is 3.87. The molecule has 1 aromatic heterocycles. The highest BCUT2D eigenvalue weighted by atomic mass is 16.5. The van der Waals surface area contributed by atoms with Gasteiger partial charge in [-0.05, 0) is 24.6 Å². The minimum Gasteiger partial charge on any atom is -0.507 e. The van der Waals surface area contributed by atoms with Gasteiger partial charge in [-0.15, -0.1) is 0 Å². The van der Waals surface area contributed by atoms with Gasteiger partial charge in [-0.25, -0.2) is 4.79 Å². The zero-order chi connectivity index (χ0) is 28.0. The first-order chi connectivity index (χ1) is 18.2. The summed E-state index contributed by atoms with van der Waals surface area (Å²) in [5.41, 5.74) is -0.0500. The van der Waals surface area contributed by atoms with E-state index in [9.17, 15) is 14.7 Å². The lowest BCUT2D eigenvalue weighted by atomic mass is 9.88. The van der Waals surface area contributed by atoms with Gasteiger partial charge in [-0.1, -0.05) is 0 Å². The molecule has 3 aromatic rings. The molecule has 0 aliphatic carbocycles. The molecule has 0 bridgehead atoms. The number of benzene rings is 2. The number of ether oxygens (including phenoxy) is 6. The average molecular weight is 530 g/mol. The van der Waals surface area contributed by atoms with Crippen molar-refractivity contribution in [3.63, 3.8) is 0 Å². The zero-order valence-corrected chi connectivity index (χ0v) is 22.3. The normalized spacial score (nSPS) is 11.3. The smallest absolute Gasteiger partial charge is 0.343 e. The second-order valence-electron chi connectivity index (χ2n) is 8.12. The Labute approximate surface area is 219 Å². The van der Waals surface area contributed by atoms with Crippen molar-refractivity contribution in [3.8, 4) is 40.2 Å². The van der Waals surface area contributed by atoms with Gasteiger partial charge in [0.2, 0.25) is 17.4 Å². The van der Waals surface area contributed by atoms with E-state index >= 15 is 0 Å². The van der Waals surface area contributed by atoms with Crippen molar-refractivity contribution >= 4 is 11.6 Å². The van der Waals surface area contributed by atoms with Gasteiger partial charge in [-0.3, -0.25) is 4.79 Å². The minimum absolute atomic E-state index is 0.0927. The van der Waals surface area contributed by atoms with E-state index in [1.165, 1.54) is 55.6 Å². The maximum absolute atomic E-state index is 13.3. The number of hydrogen-bond acceptors (Lipinski definition) is 10. The molecule has 0 saturated heterocycles. The van der Waals surface area contributed by atoms with Gasteiger partial charge in [-0.2, -0.15) is 0 Å². The van der Waals surface area contributed by atoms with Crippen LogP contribution in [0.25, 0.3) is 0 Å². The molecule has 0 saturated carbocycles. The molecule has 11 nitrogen and oxygen atoms in total. The topological polar surface area (TPSA) is 135 Å². The highest BCUT2D eigenvalue weighted by molar-refractivity contribution is 5.92. The Hall–Kier alpha value is -4.54. The fraction of sp³-hybridized carbons (Fsp3) is 0.333. The Bertz CT molecular complexity index is 1310. The number of amides is 1. The van der Waals surface area contributed by atoms with E-state index in [1.54, 1.807) is 24.3 Å². The summed E-state index contributed by atoms with van der Waals surface area (Å²) in [5.74, 6) is 0.519. The van der Waals surface area contributed by atoms with Gasteiger partial charge in [0.05, 0.1) is 48.2 Å². The number of aromatic hydroxyl groups is 1. The SMILES string of the molecule is COc1cc(NC(=O)CC(c2cc(OC)c(OC)c(OC)c2)c2c(O)cc(C)oc2=O)cc(OC)c1OC. The van der Waals surface area contributed by atoms with E-state index in [0.29, 0.717) is 45.7 Å². The van der Waals surface area contributed by atoms with Crippen LogP contribution in [0, 0.1) is 6.92 Å². The number of carbonyl (C=O) groups is 1. The number of nitrogens with one attached hydrogen (secondary N) is 1. The summed E-state index contributed by atoms with van der Waals surface area (Å²) >= 11 is 0.